The third kappa shape index (κ3) is 4.31. The van der Waals surface area contributed by atoms with Crippen molar-refractivity contribution in [3.05, 3.63) is 58.6 Å². The van der Waals surface area contributed by atoms with Gasteiger partial charge in [0.15, 0.2) is 0 Å². The minimum Gasteiger partial charge on any atom is -0.496 e. The first kappa shape index (κ1) is 20.6. The van der Waals surface area contributed by atoms with E-state index in [1.165, 1.54) is 24.3 Å². The average molecular weight is 421 g/mol. The molecule has 2 aromatic rings. The molecule has 1 saturated heterocycles. The molecule has 28 heavy (non-hydrogen) atoms. The van der Waals surface area contributed by atoms with Gasteiger partial charge >= 0.3 is 0 Å². The summed E-state index contributed by atoms with van der Waals surface area (Å²) in [5.74, 6) is 0.670. The highest BCUT2D eigenvalue weighted by Gasteiger charge is 2.38. The van der Waals surface area contributed by atoms with Crippen LogP contribution in [0.4, 0.5) is 0 Å². The van der Waals surface area contributed by atoms with E-state index in [-0.39, 0.29) is 11.4 Å². The molecule has 0 amide bonds. The summed E-state index contributed by atoms with van der Waals surface area (Å²) in [4.78, 5) is 0.117. The standard InChI is InChI=1S/C20H21ClN2O4S/c1-26-19-7-4-16(21)12-18(19)20(8-10-27-11-9-20)14-23-28(24,25)17-5-2-15(13-22)3-6-17/h2-7,12,23H,8-11,14H2,1H3. The third-order valence-electron chi connectivity index (χ3n) is 5.08. The van der Waals surface area contributed by atoms with Crippen molar-refractivity contribution in [3.8, 4) is 11.8 Å². The van der Waals surface area contributed by atoms with Crippen LogP contribution in [0.15, 0.2) is 47.4 Å². The number of nitriles is 1. The topological polar surface area (TPSA) is 88.4 Å². The van der Waals surface area contributed by atoms with E-state index >= 15 is 0 Å². The van der Waals surface area contributed by atoms with E-state index in [1.807, 2.05) is 12.1 Å². The molecule has 1 aliphatic rings. The first-order valence-electron chi connectivity index (χ1n) is 8.82. The van der Waals surface area contributed by atoms with E-state index in [9.17, 15) is 8.42 Å². The zero-order valence-electron chi connectivity index (χ0n) is 15.4. The van der Waals surface area contributed by atoms with Crippen molar-refractivity contribution in [1.29, 1.82) is 5.26 Å². The van der Waals surface area contributed by atoms with E-state index < -0.39 is 15.4 Å². The van der Waals surface area contributed by atoms with E-state index in [4.69, 9.17) is 26.3 Å². The van der Waals surface area contributed by atoms with Gasteiger partial charge in [0.25, 0.3) is 0 Å². The van der Waals surface area contributed by atoms with Crippen LogP contribution in [0.2, 0.25) is 5.02 Å². The normalized spacial score (nSPS) is 16.3. The number of nitrogens with one attached hydrogen (secondary N) is 1. The predicted molar refractivity (Wildman–Crippen MR) is 106 cm³/mol. The van der Waals surface area contributed by atoms with Crippen LogP contribution in [0, 0.1) is 11.3 Å². The fourth-order valence-corrected chi connectivity index (χ4v) is 4.72. The maximum absolute atomic E-state index is 12.8. The van der Waals surface area contributed by atoms with Gasteiger partial charge in [0.2, 0.25) is 10.0 Å². The molecule has 0 aromatic heterocycles. The monoisotopic (exact) mass is 420 g/mol. The molecule has 8 heteroatoms. The van der Waals surface area contributed by atoms with Gasteiger partial charge in [0.1, 0.15) is 5.75 Å². The van der Waals surface area contributed by atoms with E-state index in [0.717, 1.165) is 5.56 Å². The molecule has 1 heterocycles. The smallest absolute Gasteiger partial charge is 0.240 e. The van der Waals surface area contributed by atoms with Gasteiger partial charge in [-0.05, 0) is 55.3 Å². The maximum Gasteiger partial charge on any atom is 0.240 e. The first-order chi connectivity index (χ1) is 13.4. The molecule has 1 aliphatic heterocycles. The summed E-state index contributed by atoms with van der Waals surface area (Å²) in [7, 11) is -2.15. The molecule has 3 rings (SSSR count). The average Bonchev–Trinajstić information content (AvgIpc) is 2.73. The fourth-order valence-electron chi connectivity index (χ4n) is 3.42. The summed E-state index contributed by atoms with van der Waals surface area (Å²) in [6, 6.07) is 13.2. The van der Waals surface area contributed by atoms with E-state index in [0.29, 0.717) is 42.4 Å². The van der Waals surface area contributed by atoms with Crippen LogP contribution < -0.4 is 9.46 Å². The second-order valence-corrected chi connectivity index (χ2v) is 8.90. The van der Waals surface area contributed by atoms with Gasteiger partial charge in [-0.15, -0.1) is 0 Å². The van der Waals surface area contributed by atoms with Gasteiger partial charge < -0.3 is 9.47 Å². The van der Waals surface area contributed by atoms with Gasteiger partial charge in [-0.25, -0.2) is 13.1 Å². The maximum atomic E-state index is 12.8. The van der Waals surface area contributed by atoms with Crippen LogP contribution in [-0.4, -0.2) is 35.3 Å². The van der Waals surface area contributed by atoms with Crippen molar-refractivity contribution >= 4 is 21.6 Å². The lowest BCUT2D eigenvalue weighted by molar-refractivity contribution is 0.0509. The summed E-state index contributed by atoms with van der Waals surface area (Å²) in [6.07, 6.45) is 1.28. The number of nitrogens with zero attached hydrogens (tertiary/aromatic N) is 1. The van der Waals surface area contributed by atoms with E-state index in [1.54, 1.807) is 19.2 Å². The summed E-state index contributed by atoms with van der Waals surface area (Å²) in [6.45, 7) is 1.23. The second kappa shape index (κ2) is 8.50. The lowest BCUT2D eigenvalue weighted by atomic mass is 9.74. The quantitative estimate of drug-likeness (QED) is 0.774. The zero-order chi connectivity index (χ0) is 20.2. The molecule has 1 N–H and O–H groups in total. The van der Waals surface area contributed by atoms with Gasteiger partial charge in [-0.2, -0.15) is 5.26 Å². The number of ether oxygens (including phenoxy) is 2. The molecule has 0 radical (unpaired) electrons. The molecular weight excluding hydrogens is 400 g/mol. The highest BCUT2D eigenvalue weighted by atomic mass is 35.5. The molecule has 0 spiro atoms. The molecule has 0 saturated carbocycles. The lowest BCUT2D eigenvalue weighted by Gasteiger charge is -2.38. The minimum absolute atomic E-state index is 0.117. The van der Waals surface area contributed by atoms with Gasteiger partial charge in [0, 0.05) is 35.8 Å². The number of sulfonamides is 1. The molecule has 6 nitrogen and oxygen atoms in total. The molecular formula is C20H21ClN2O4S. The molecule has 2 aromatic carbocycles. The Morgan fingerprint density at radius 1 is 1.21 bits per heavy atom. The molecule has 0 aliphatic carbocycles. The first-order valence-corrected chi connectivity index (χ1v) is 10.7. The van der Waals surface area contributed by atoms with Crippen LogP contribution in [0.3, 0.4) is 0 Å². The number of benzene rings is 2. The fraction of sp³-hybridized carbons (Fsp3) is 0.350. The third-order valence-corrected chi connectivity index (χ3v) is 6.73. The predicted octanol–water partition coefficient (Wildman–Crippen LogP) is 3.25. The highest BCUT2D eigenvalue weighted by Crippen LogP contribution is 2.41. The Hall–Kier alpha value is -2.11. The Balaban J connectivity index is 1.91. The van der Waals surface area contributed by atoms with Crippen molar-refractivity contribution in [2.45, 2.75) is 23.2 Å². The zero-order valence-corrected chi connectivity index (χ0v) is 17.0. The number of rotatable bonds is 6. The SMILES string of the molecule is COc1ccc(Cl)cc1C1(CNS(=O)(=O)c2ccc(C#N)cc2)CCOCC1. The second-order valence-electron chi connectivity index (χ2n) is 6.70. The molecule has 1 fully saturated rings. The molecule has 0 unspecified atom stereocenters. The number of hydrogen-bond acceptors (Lipinski definition) is 5. The summed E-state index contributed by atoms with van der Waals surface area (Å²) < 4.78 is 39.3. The van der Waals surface area contributed by atoms with Gasteiger partial charge in [-0.3, -0.25) is 0 Å². The van der Waals surface area contributed by atoms with Crippen molar-refractivity contribution in [1.82, 2.24) is 4.72 Å². The Kier molecular flexibility index (Phi) is 6.26. The Bertz CT molecular complexity index is 978. The summed E-state index contributed by atoms with van der Waals surface area (Å²) in [5.41, 5.74) is 0.783. The Morgan fingerprint density at radius 2 is 1.89 bits per heavy atom. The van der Waals surface area contributed by atoms with Crippen molar-refractivity contribution in [2.75, 3.05) is 26.9 Å². The molecule has 0 bridgehead atoms. The number of halogens is 1. The largest absolute Gasteiger partial charge is 0.496 e. The summed E-state index contributed by atoms with van der Waals surface area (Å²) >= 11 is 6.22. The Labute approximate surface area is 170 Å². The van der Waals surface area contributed by atoms with Crippen molar-refractivity contribution in [2.24, 2.45) is 0 Å². The van der Waals surface area contributed by atoms with E-state index in [2.05, 4.69) is 4.72 Å². The van der Waals surface area contributed by atoms with Crippen molar-refractivity contribution in [3.63, 3.8) is 0 Å². The van der Waals surface area contributed by atoms with Crippen LogP contribution in [0.1, 0.15) is 24.0 Å². The van der Waals surface area contributed by atoms with Crippen LogP contribution in [0.5, 0.6) is 5.75 Å². The highest BCUT2D eigenvalue weighted by molar-refractivity contribution is 7.89. The van der Waals surface area contributed by atoms with Crippen molar-refractivity contribution < 1.29 is 17.9 Å². The summed E-state index contributed by atoms with van der Waals surface area (Å²) in [5, 5.41) is 9.45. The molecule has 0 atom stereocenters. The van der Waals surface area contributed by atoms with Crippen LogP contribution in [0.25, 0.3) is 0 Å². The van der Waals surface area contributed by atoms with Gasteiger partial charge in [0.05, 0.1) is 23.6 Å². The number of methoxy groups -OCH3 is 1. The molecule has 148 valence electrons. The van der Waals surface area contributed by atoms with Crippen LogP contribution >= 0.6 is 11.6 Å². The number of hydrogen-bond donors (Lipinski definition) is 1. The minimum atomic E-state index is -3.73. The lowest BCUT2D eigenvalue weighted by Crippen LogP contribution is -2.44. The van der Waals surface area contributed by atoms with Gasteiger partial charge in [-0.1, -0.05) is 11.6 Å². The van der Waals surface area contributed by atoms with Crippen LogP contribution in [-0.2, 0) is 20.2 Å². The Morgan fingerprint density at radius 3 is 2.50 bits per heavy atom.